The minimum Gasteiger partial charge on any atom is -0.456 e. The molecule has 0 atom stereocenters. The number of benzene rings is 8. The molecular formula is C40H24O. The van der Waals surface area contributed by atoms with Crippen LogP contribution in [0.2, 0.25) is 0 Å². The monoisotopic (exact) mass is 524 g/mol. The maximum atomic E-state index is 8.57. The maximum Gasteiger partial charge on any atom is 0.136 e. The van der Waals surface area contributed by atoms with Crippen molar-refractivity contribution >= 4 is 65.0 Å². The maximum absolute atomic E-state index is 8.57. The van der Waals surface area contributed by atoms with Crippen molar-refractivity contribution in [3.05, 3.63) is 145 Å². The minimum atomic E-state index is -0.288. The van der Waals surface area contributed by atoms with Gasteiger partial charge in [-0.15, -0.1) is 0 Å². The van der Waals surface area contributed by atoms with Crippen molar-refractivity contribution in [3.8, 4) is 22.3 Å². The van der Waals surface area contributed by atoms with Crippen molar-refractivity contribution in [2.45, 2.75) is 0 Å². The predicted molar refractivity (Wildman–Crippen MR) is 175 cm³/mol. The third kappa shape index (κ3) is 3.36. The van der Waals surface area contributed by atoms with E-state index in [1.165, 1.54) is 43.4 Å². The Balaban J connectivity index is 1.33. The van der Waals surface area contributed by atoms with E-state index in [0.717, 1.165) is 21.9 Å². The summed E-state index contributed by atoms with van der Waals surface area (Å²) in [5.41, 5.74) is 5.38. The molecule has 0 fully saturated rings. The number of rotatable bonds is 2. The Morgan fingerprint density at radius 1 is 0.390 bits per heavy atom. The Bertz CT molecular complexity index is 2650. The molecule has 0 saturated carbocycles. The zero-order chi connectivity index (χ0) is 30.4. The van der Waals surface area contributed by atoms with E-state index in [2.05, 4.69) is 109 Å². The summed E-state index contributed by atoms with van der Waals surface area (Å²) >= 11 is 0. The molecule has 0 aliphatic carbocycles. The van der Waals surface area contributed by atoms with Gasteiger partial charge in [0, 0.05) is 10.8 Å². The van der Waals surface area contributed by atoms with Crippen LogP contribution in [0.5, 0.6) is 0 Å². The van der Waals surface area contributed by atoms with Gasteiger partial charge in [0.05, 0.1) is 5.48 Å². The van der Waals surface area contributed by atoms with Gasteiger partial charge in [-0.25, -0.2) is 0 Å². The molecule has 9 rings (SSSR count). The van der Waals surface area contributed by atoms with Gasteiger partial charge in [0.1, 0.15) is 11.2 Å². The van der Waals surface area contributed by atoms with Crippen molar-refractivity contribution < 1.29 is 9.90 Å². The van der Waals surface area contributed by atoms with Crippen LogP contribution in [-0.2, 0) is 0 Å². The molecular weight excluding hydrogens is 496 g/mol. The van der Waals surface area contributed by atoms with Crippen LogP contribution in [0.15, 0.2) is 150 Å². The first kappa shape index (κ1) is 18.8. The second-order valence-corrected chi connectivity index (χ2v) is 10.6. The lowest BCUT2D eigenvalue weighted by atomic mass is 9.85. The number of fused-ring (bicyclic) bond motifs is 7. The van der Waals surface area contributed by atoms with Crippen LogP contribution in [0, 0.1) is 0 Å². The highest BCUT2D eigenvalue weighted by molar-refractivity contribution is 6.22. The summed E-state index contributed by atoms with van der Waals surface area (Å²) in [5, 5.41) is 10.2. The third-order valence-electron chi connectivity index (χ3n) is 8.33. The van der Waals surface area contributed by atoms with Gasteiger partial charge < -0.3 is 4.42 Å². The van der Waals surface area contributed by atoms with Gasteiger partial charge in [-0.2, -0.15) is 0 Å². The van der Waals surface area contributed by atoms with Crippen LogP contribution in [0.4, 0.5) is 0 Å². The van der Waals surface area contributed by atoms with Gasteiger partial charge >= 0.3 is 0 Å². The molecule has 0 N–H and O–H groups in total. The minimum absolute atomic E-state index is 0.0819. The fourth-order valence-electron chi connectivity index (χ4n) is 6.48. The Kier molecular flexibility index (Phi) is 3.92. The molecule has 1 aromatic heterocycles. The summed E-state index contributed by atoms with van der Waals surface area (Å²) in [4.78, 5) is 0. The highest BCUT2D eigenvalue weighted by Crippen LogP contribution is 2.45. The summed E-state index contributed by atoms with van der Waals surface area (Å²) < 4.78 is 39.3. The standard InChI is InChI=1S/C40H24O/c1-2-10-26-21-28(19-17-25(26)9-1)39-32-12-3-5-14-34(32)40(35-15-6-4-13-33(35)39)29-20-18-27-24-38-36(23-30(27)22-29)31-11-7-8-16-37(31)41-38/h1-24H/i7D,8D,11D,16D. The second kappa shape index (κ2) is 8.55. The fraction of sp³-hybridized carbons (Fsp3) is 0. The molecule has 0 saturated heterocycles. The Morgan fingerprint density at radius 2 is 0.927 bits per heavy atom. The van der Waals surface area contributed by atoms with Gasteiger partial charge in [-0.1, -0.05) is 115 Å². The number of hydrogen-bond acceptors (Lipinski definition) is 1. The molecule has 0 aliphatic heterocycles. The smallest absolute Gasteiger partial charge is 0.136 e. The van der Waals surface area contributed by atoms with Crippen LogP contribution in [-0.4, -0.2) is 0 Å². The molecule has 0 spiro atoms. The second-order valence-electron chi connectivity index (χ2n) is 10.6. The molecule has 0 radical (unpaired) electrons. The first-order valence-electron chi connectivity index (χ1n) is 15.8. The van der Waals surface area contributed by atoms with E-state index < -0.39 is 0 Å². The van der Waals surface area contributed by atoms with Gasteiger partial charge in [0.15, 0.2) is 0 Å². The zero-order valence-electron chi connectivity index (χ0n) is 26.0. The fourth-order valence-corrected chi connectivity index (χ4v) is 6.48. The Hall–Kier alpha value is -5.40. The third-order valence-corrected chi connectivity index (χ3v) is 8.33. The molecule has 0 unspecified atom stereocenters. The lowest BCUT2D eigenvalue weighted by Crippen LogP contribution is -1.91. The first-order chi connectivity index (χ1) is 22.0. The summed E-state index contributed by atoms with van der Waals surface area (Å²) in [7, 11) is 0. The summed E-state index contributed by atoms with van der Waals surface area (Å²) in [6, 6.07) is 42.0. The van der Waals surface area contributed by atoms with Crippen molar-refractivity contribution in [1.82, 2.24) is 0 Å². The van der Waals surface area contributed by atoms with Crippen molar-refractivity contribution in [2.24, 2.45) is 0 Å². The lowest BCUT2D eigenvalue weighted by Gasteiger charge is -2.18. The molecule has 41 heavy (non-hydrogen) atoms. The number of furan rings is 1. The molecule has 0 aliphatic rings. The molecule has 190 valence electrons. The average molecular weight is 525 g/mol. The zero-order valence-corrected chi connectivity index (χ0v) is 22.0. The van der Waals surface area contributed by atoms with Crippen molar-refractivity contribution in [2.75, 3.05) is 0 Å². The molecule has 0 amide bonds. The molecule has 9 aromatic rings. The van der Waals surface area contributed by atoms with E-state index in [9.17, 15) is 0 Å². The Morgan fingerprint density at radius 3 is 1.61 bits per heavy atom. The van der Waals surface area contributed by atoms with Crippen molar-refractivity contribution in [3.63, 3.8) is 0 Å². The number of hydrogen-bond donors (Lipinski definition) is 0. The first-order valence-corrected chi connectivity index (χ1v) is 13.8. The highest BCUT2D eigenvalue weighted by Gasteiger charge is 2.17. The van der Waals surface area contributed by atoms with Crippen LogP contribution in [0.3, 0.4) is 0 Å². The average Bonchev–Trinajstić information content (AvgIpc) is 3.45. The van der Waals surface area contributed by atoms with Crippen LogP contribution in [0.1, 0.15) is 5.48 Å². The SMILES string of the molecule is [2H]c1c([2H])c([2H])c2c(oc3cc4ccc(-c5c6ccccc6c(-c6ccc7ccccc7c6)c6ccccc56)cc4cc32)c1[2H]. The quantitative estimate of drug-likeness (QED) is 0.205. The van der Waals surface area contributed by atoms with Gasteiger partial charge in [-0.3, -0.25) is 0 Å². The summed E-state index contributed by atoms with van der Waals surface area (Å²) in [6.07, 6.45) is 0. The van der Waals surface area contributed by atoms with E-state index in [-0.39, 0.29) is 29.8 Å². The van der Waals surface area contributed by atoms with Gasteiger partial charge in [0.25, 0.3) is 0 Å². The molecule has 1 heterocycles. The topological polar surface area (TPSA) is 13.1 Å². The summed E-state index contributed by atoms with van der Waals surface area (Å²) in [5.74, 6) is 0. The lowest BCUT2D eigenvalue weighted by molar-refractivity contribution is 0.669. The summed E-state index contributed by atoms with van der Waals surface area (Å²) in [6.45, 7) is 0. The molecule has 0 bridgehead atoms. The van der Waals surface area contributed by atoms with Crippen molar-refractivity contribution in [1.29, 1.82) is 0 Å². The van der Waals surface area contributed by atoms with E-state index in [1.54, 1.807) is 0 Å². The van der Waals surface area contributed by atoms with E-state index in [4.69, 9.17) is 9.90 Å². The van der Waals surface area contributed by atoms with E-state index >= 15 is 0 Å². The van der Waals surface area contributed by atoms with Gasteiger partial charge in [-0.05, 0) is 95.7 Å². The normalized spacial score (nSPS) is 13.3. The van der Waals surface area contributed by atoms with Crippen LogP contribution >= 0.6 is 0 Å². The molecule has 1 heteroatoms. The molecule has 1 nitrogen and oxygen atoms in total. The molecule has 8 aromatic carbocycles. The number of para-hydroxylation sites is 1. The van der Waals surface area contributed by atoms with Crippen LogP contribution in [0.25, 0.3) is 87.3 Å². The predicted octanol–water partition coefficient (Wildman–Crippen LogP) is 11.5. The van der Waals surface area contributed by atoms with E-state index in [0.29, 0.717) is 16.4 Å². The largest absolute Gasteiger partial charge is 0.456 e. The van der Waals surface area contributed by atoms with Gasteiger partial charge in [0.2, 0.25) is 0 Å². The Labute approximate surface area is 242 Å². The van der Waals surface area contributed by atoms with Crippen LogP contribution < -0.4 is 0 Å². The highest BCUT2D eigenvalue weighted by atomic mass is 16.3. The van der Waals surface area contributed by atoms with E-state index in [1.807, 2.05) is 12.1 Å².